The van der Waals surface area contributed by atoms with Gasteiger partial charge >= 0.3 is 6.03 Å². The second-order valence-corrected chi connectivity index (χ2v) is 4.13. The lowest BCUT2D eigenvalue weighted by Gasteiger charge is -2.14. The van der Waals surface area contributed by atoms with E-state index < -0.39 is 6.03 Å². The second-order valence-electron chi connectivity index (χ2n) is 4.13. The van der Waals surface area contributed by atoms with Gasteiger partial charge in [0.25, 0.3) is 0 Å². The van der Waals surface area contributed by atoms with Crippen molar-refractivity contribution in [2.75, 3.05) is 11.9 Å². The van der Waals surface area contributed by atoms with Crippen LogP contribution in [0.25, 0.3) is 0 Å². The van der Waals surface area contributed by atoms with Crippen LogP contribution in [0.15, 0.2) is 23.4 Å². The Bertz CT molecular complexity index is 464. The van der Waals surface area contributed by atoms with Crippen LogP contribution in [0.1, 0.15) is 31.9 Å². The molecule has 0 atom stereocenters. The van der Waals surface area contributed by atoms with Crippen LogP contribution in [-0.2, 0) is 17.7 Å². The maximum atomic E-state index is 11.9. The lowest BCUT2D eigenvalue weighted by Crippen LogP contribution is -2.40. The van der Waals surface area contributed by atoms with Gasteiger partial charge in [-0.1, -0.05) is 32.0 Å². The van der Waals surface area contributed by atoms with Crippen LogP contribution in [0.5, 0.6) is 0 Å². The quantitative estimate of drug-likeness (QED) is 0.438. The highest BCUT2D eigenvalue weighted by atomic mass is 16.6. The molecule has 0 saturated carbocycles. The predicted octanol–water partition coefficient (Wildman–Crippen LogP) is 2.20. The summed E-state index contributed by atoms with van der Waals surface area (Å²) in [6.07, 6.45) is 1.68. The number of nitrogens with one attached hydrogen (secondary N) is 2. The lowest BCUT2D eigenvalue weighted by molar-refractivity contribution is 0.157. The molecule has 6 nitrogen and oxygen atoms in total. The molecule has 0 spiro atoms. The van der Waals surface area contributed by atoms with Crippen LogP contribution >= 0.6 is 0 Å². The predicted molar refractivity (Wildman–Crippen MR) is 80.6 cm³/mol. The molecule has 0 heterocycles. The van der Waals surface area contributed by atoms with Gasteiger partial charge < -0.3 is 15.9 Å². The first-order chi connectivity index (χ1) is 9.62. The molecule has 0 unspecified atom stereocenters. The summed E-state index contributed by atoms with van der Waals surface area (Å²) in [4.78, 5) is 16.6. The van der Waals surface area contributed by atoms with Gasteiger partial charge in [0.2, 0.25) is 5.96 Å². The van der Waals surface area contributed by atoms with Crippen LogP contribution in [0.2, 0.25) is 0 Å². The summed E-state index contributed by atoms with van der Waals surface area (Å²) >= 11 is 0. The summed E-state index contributed by atoms with van der Waals surface area (Å²) in [5.41, 5.74) is 8.51. The molecule has 110 valence electrons. The van der Waals surface area contributed by atoms with E-state index in [1.807, 2.05) is 32.0 Å². The van der Waals surface area contributed by atoms with Crippen molar-refractivity contribution in [1.29, 1.82) is 0 Å². The molecule has 0 radical (unpaired) electrons. The number of guanidine groups is 1. The van der Waals surface area contributed by atoms with Crippen LogP contribution in [0.4, 0.5) is 10.5 Å². The van der Waals surface area contributed by atoms with Gasteiger partial charge in [-0.25, -0.2) is 4.79 Å². The number of carbonyl (C=O) groups excluding carboxylic acids is 1. The summed E-state index contributed by atoms with van der Waals surface area (Å²) in [5.74, 6) is -0.0728. The van der Waals surface area contributed by atoms with E-state index in [2.05, 4.69) is 15.8 Å². The zero-order chi connectivity index (χ0) is 15.0. The first kappa shape index (κ1) is 15.8. The highest BCUT2D eigenvalue weighted by molar-refractivity contribution is 6.02. The van der Waals surface area contributed by atoms with Crippen LogP contribution in [0.3, 0.4) is 0 Å². The summed E-state index contributed by atoms with van der Waals surface area (Å²) in [6, 6.07) is 5.55. The molecule has 1 rings (SSSR count). The van der Waals surface area contributed by atoms with Gasteiger partial charge in [-0.2, -0.15) is 0 Å². The number of nitrogens with two attached hydrogens (primary N) is 1. The number of amides is 2. The van der Waals surface area contributed by atoms with Crippen molar-refractivity contribution in [2.24, 2.45) is 10.9 Å². The van der Waals surface area contributed by atoms with E-state index in [4.69, 9.17) is 10.6 Å². The average Bonchev–Trinajstić information content (AvgIpc) is 2.45. The Labute approximate surface area is 119 Å². The second kappa shape index (κ2) is 8.04. The van der Waals surface area contributed by atoms with E-state index in [1.54, 1.807) is 6.92 Å². The summed E-state index contributed by atoms with van der Waals surface area (Å²) in [5, 5.41) is 8.77. The number of para-hydroxylation sites is 1. The lowest BCUT2D eigenvalue weighted by atomic mass is 10.0. The highest BCUT2D eigenvalue weighted by Gasteiger charge is 2.10. The number of anilines is 1. The summed E-state index contributed by atoms with van der Waals surface area (Å²) < 4.78 is 0. The number of aryl methyl sites for hydroxylation is 2. The molecule has 0 bridgehead atoms. The number of hydrogen-bond donors (Lipinski definition) is 3. The molecule has 0 saturated heterocycles. The van der Waals surface area contributed by atoms with E-state index in [1.165, 1.54) is 0 Å². The van der Waals surface area contributed by atoms with Crippen molar-refractivity contribution in [3.63, 3.8) is 0 Å². The molecule has 0 aliphatic heterocycles. The summed E-state index contributed by atoms with van der Waals surface area (Å²) in [7, 11) is 0. The van der Waals surface area contributed by atoms with E-state index in [9.17, 15) is 4.79 Å². The van der Waals surface area contributed by atoms with Gasteiger partial charge in [-0.05, 0) is 36.0 Å². The zero-order valence-corrected chi connectivity index (χ0v) is 12.2. The molecule has 4 N–H and O–H groups in total. The molecule has 0 aliphatic carbocycles. The highest BCUT2D eigenvalue weighted by Crippen LogP contribution is 2.22. The van der Waals surface area contributed by atoms with Crippen molar-refractivity contribution < 1.29 is 9.63 Å². The number of nitrogens with zero attached hydrogens (tertiary/aromatic N) is 1. The number of urea groups is 1. The van der Waals surface area contributed by atoms with Crippen LogP contribution in [-0.4, -0.2) is 18.6 Å². The minimum Gasteiger partial charge on any atom is -0.393 e. The third kappa shape index (κ3) is 4.46. The SMILES string of the molecule is CCON=C(N)NC(=O)Nc1c(CC)cccc1CC. The number of oxime groups is 1. The van der Waals surface area contributed by atoms with E-state index in [-0.39, 0.29) is 5.96 Å². The number of rotatable bonds is 5. The van der Waals surface area contributed by atoms with Gasteiger partial charge in [0.05, 0.1) is 0 Å². The molecular formula is C14H22N4O2. The van der Waals surface area contributed by atoms with Crippen molar-refractivity contribution >= 4 is 17.7 Å². The maximum absolute atomic E-state index is 11.9. The van der Waals surface area contributed by atoms with Gasteiger partial charge in [0, 0.05) is 5.69 Å². The van der Waals surface area contributed by atoms with Gasteiger partial charge in [0.15, 0.2) is 0 Å². The van der Waals surface area contributed by atoms with E-state index >= 15 is 0 Å². The minimum absolute atomic E-state index is 0.0728. The molecule has 20 heavy (non-hydrogen) atoms. The van der Waals surface area contributed by atoms with Crippen LogP contribution in [0, 0.1) is 0 Å². The molecule has 0 aliphatic rings. The van der Waals surface area contributed by atoms with Crippen molar-refractivity contribution in [2.45, 2.75) is 33.6 Å². The van der Waals surface area contributed by atoms with E-state index in [0.717, 1.165) is 29.7 Å². The maximum Gasteiger partial charge on any atom is 0.326 e. The Morgan fingerprint density at radius 1 is 1.25 bits per heavy atom. The molecule has 1 aromatic rings. The number of hydrogen-bond acceptors (Lipinski definition) is 3. The van der Waals surface area contributed by atoms with Gasteiger partial charge in [-0.3, -0.25) is 5.32 Å². The molecule has 6 heteroatoms. The van der Waals surface area contributed by atoms with Crippen LogP contribution < -0.4 is 16.4 Å². The summed E-state index contributed by atoms with van der Waals surface area (Å²) in [6.45, 7) is 6.26. The largest absolute Gasteiger partial charge is 0.393 e. The third-order valence-corrected chi connectivity index (χ3v) is 2.77. The number of carbonyl (C=O) groups is 1. The first-order valence-electron chi connectivity index (χ1n) is 6.76. The fourth-order valence-electron chi connectivity index (χ4n) is 1.82. The van der Waals surface area contributed by atoms with E-state index in [0.29, 0.717) is 6.61 Å². The normalized spacial score (nSPS) is 11.1. The first-order valence-corrected chi connectivity index (χ1v) is 6.76. The van der Waals surface area contributed by atoms with Crippen molar-refractivity contribution in [3.8, 4) is 0 Å². The smallest absolute Gasteiger partial charge is 0.326 e. The molecule has 2 amide bonds. The topological polar surface area (TPSA) is 88.7 Å². The molecule has 0 aromatic heterocycles. The zero-order valence-electron chi connectivity index (χ0n) is 12.2. The molecular weight excluding hydrogens is 256 g/mol. The Balaban J connectivity index is 2.80. The van der Waals surface area contributed by atoms with Gasteiger partial charge in [-0.15, -0.1) is 0 Å². The van der Waals surface area contributed by atoms with Gasteiger partial charge in [0.1, 0.15) is 6.61 Å². The van der Waals surface area contributed by atoms with Crippen molar-refractivity contribution in [1.82, 2.24) is 5.32 Å². The van der Waals surface area contributed by atoms with Crippen molar-refractivity contribution in [3.05, 3.63) is 29.3 Å². The third-order valence-electron chi connectivity index (χ3n) is 2.77. The Hall–Kier alpha value is -2.24. The average molecular weight is 278 g/mol. The Morgan fingerprint density at radius 3 is 2.35 bits per heavy atom. The monoisotopic (exact) mass is 278 g/mol. The fourth-order valence-corrected chi connectivity index (χ4v) is 1.82. The standard InChI is InChI=1S/C14H22N4O2/c1-4-10-8-7-9-11(5-2)12(10)16-14(19)17-13(15)18-20-6-3/h7-9H,4-6H2,1-3H3,(H4,15,16,17,18,19). The fraction of sp³-hybridized carbons (Fsp3) is 0.429. The Kier molecular flexibility index (Phi) is 6.36. The minimum atomic E-state index is -0.429. The molecule has 0 fully saturated rings. The molecule has 1 aromatic carbocycles. The Morgan fingerprint density at radius 2 is 1.85 bits per heavy atom. The number of benzene rings is 1.